The van der Waals surface area contributed by atoms with Crippen LogP contribution in [0.4, 0.5) is 30.7 Å². The van der Waals surface area contributed by atoms with Crippen LogP contribution in [0.5, 0.6) is 0 Å². The van der Waals surface area contributed by atoms with Gasteiger partial charge in [-0.15, -0.1) is 0 Å². The van der Waals surface area contributed by atoms with Crippen LogP contribution in [0, 0.1) is 5.82 Å². The molecule has 0 unspecified atom stereocenters. The van der Waals surface area contributed by atoms with Gasteiger partial charge in [0.05, 0.1) is 22.9 Å². The highest BCUT2D eigenvalue weighted by Crippen LogP contribution is 2.37. The molecule has 0 amide bonds. The van der Waals surface area contributed by atoms with Crippen molar-refractivity contribution in [2.24, 2.45) is 0 Å². The summed E-state index contributed by atoms with van der Waals surface area (Å²) in [6.45, 7) is 0.0853. The van der Waals surface area contributed by atoms with Gasteiger partial charge in [-0.25, -0.2) is 4.39 Å². The Balaban J connectivity index is 2.06. The van der Waals surface area contributed by atoms with Crippen molar-refractivity contribution in [1.29, 1.82) is 0 Å². The number of halogens is 7. The normalized spacial score (nSPS) is 13.3. The van der Waals surface area contributed by atoms with Crippen molar-refractivity contribution in [2.45, 2.75) is 24.9 Å². The van der Waals surface area contributed by atoms with Crippen LogP contribution in [0.25, 0.3) is 0 Å². The quantitative estimate of drug-likeness (QED) is 0.494. The van der Waals surface area contributed by atoms with Gasteiger partial charge in [0.15, 0.2) is 0 Å². The average Bonchev–Trinajstić information content (AvgIpc) is 2.67. The number of aromatic nitrogens is 1. The molecule has 0 radical (unpaired) electrons. The van der Waals surface area contributed by atoms with E-state index in [0.29, 0.717) is 12.1 Å². The van der Waals surface area contributed by atoms with Crippen molar-refractivity contribution in [1.82, 2.24) is 10.3 Å². The maximum Gasteiger partial charge on any atom is 0.419 e. The second kappa shape index (κ2) is 8.43. The van der Waals surface area contributed by atoms with E-state index in [1.807, 2.05) is 0 Å². The maximum atomic E-state index is 14.1. The summed E-state index contributed by atoms with van der Waals surface area (Å²) >= 11 is 0. The van der Waals surface area contributed by atoms with Crippen molar-refractivity contribution < 1.29 is 30.7 Å². The maximum absolute atomic E-state index is 14.1. The summed E-state index contributed by atoms with van der Waals surface area (Å²) in [6.07, 6.45) is -8.53. The number of rotatable bonds is 5. The predicted molar refractivity (Wildman–Crippen MR) is 95.8 cm³/mol. The van der Waals surface area contributed by atoms with E-state index in [1.165, 1.54) is 0 Å². The molecule has 0 bridgehead atoms. The highest BCUT2D eigenvalue weighted by atomic mass is 19.4. The van der Waals surface area contributed by atoms with Gasteiger partial charge in [0.1, 0.15) is 5.82 Å². The molecule has 1 aromatic heterocycles. The van der Waals surface area contributed by atoms with E-state index in [0.717, 1.165) is 30.0 Å². The smallest absolute Gasteiger partial charge is 0.301 e. The topological polar surface area (TPSA) is 24.9 Å². The molecule has 0 aliphatic heterocycles. The average molecular weight is 428 g/mol. The lowest BCUT2D eigenvalue weighted by molar-refractivity contribution is -0.140. The lowest BCUT2D eigenvalue weighted by atomic mass is 9.97. The van der Waals surface area contributed by atoms with Gasteiger partial charge < -0.3 is 5.32 Å². The summed E-state index contributed by atoms with van der Waals surface area (Å²) in [5.74, 6) is -1.57. The van der Waals surface area contributed by atoms with Gasteiger partial charge in [-0.3, -0.25) is 4.98 Å². The predicted octanol–water partition coefficient (Wildman–Crippen LogP) is 6.14. The van der Waals surface area contributed by atoms with Crippen LogP contribution < -0.4 is 5.32 Å². The molecule has 9 heteroatoms. The highest BCUT2D eigenvalue weighted by Gasteiger charge is 2.38. The molecule has 1 heterocycles. The van der Waals surface area contributed by atoms with Crippen LogP contribution in [-0.2, 0) is 18.9 Å². The van der Waals surface area contributed by atoms with Gasteiger partial charge in [0, 0.05) is 12.7 Å². The largest absolute Gasteiger partial charge is 0.419 e. The third-order valence-electron chi connectivity index (χ3n) is 4.40. The minimum atomic E-state index is -4.92. The molecule has 2 nitrogen and oxygen atoms in total. The Labute approximate surface area is 167 Å². The first-order chi connectivity index (χ1) is 14.1. The molecule has 1 N–H and O–H groups in total. The monoisotopic (exact) mass is 428 g/mol. The molecule has 0 aliphatic rings. The molecule has 158 valence electrons. The summed E-state index contributed by atoms with van der Waals surface area (Å²) in [4.78, 5) is 3.81. The molecular weight excluding hydrogens is 413 g/mol. The lowest BCUT2D eigenvalue weighted by Crippen LogP contribution is -2.26. The molecule has 0 spiro atoms. The Morgan fingerprint density at radius 1 is 0.800 bits per heavy atom. The van der Waals surface area contributed by atoms with Crippen molar-refractivity contribution >= 4 is 0 Å². The third kappa shape index (κ3) is 4.96. The van der Waals surface area contributed by atoms with Crippen LogP contribution in [0.15, 0.2) is 66.9 Å². The fourth-order valence-electron chi connectivity index (χ4n) is 3.02. The number of nitrogens with one attached hydrogen (secondary N) is 1. The molecule has 30 heavy (non-hydrogen) atoms. The van der Waals surface area contributed by atoms with Gasteiger partial charge in [-0.05, 0) is 35.4 Å². The Morgan fingerprint density at radius 3 is 2.07 bits per heavy atom. The molecule has 0 aliphatic carbocycles. The number of pyridine rings is 1. The minimum Gasteiger partial charge on any atom is -0.301 e. The Bertz CT molecular complexity index is 998. The van der Waals surface area contributed by atoms with E-state index < -0.39 is 41.0 Å². The van der Waals surface area contributed by atoms with Crippen molar-refractivity contribution in [3.05, 3.63) is 101 Å². The fourth-order valence-corrected chi connectivity index (χ4v) is 3.02. The molecule has 2 aromatic carbocycles. The van der Waals surface area contributed by atoms with E-state index in [2.05, 4.69) is 10.3 Å². The van der Waals surface area contributed by atoms with Gasteiger partial charge in [0.2, 0.25) is 0 Å². The molecule has 0 saturated heterocycles. The third-order valence-corrected chi connectivity index (χ3v) is 4.40. The molecule has 3 aromatic rings. The van der Waals surface area contributed by atoms with Crippen LogP contribution in [0.2, 0.25) is 0 Å². The van der Waals surface area contributed by atoms with E-state index >= 15 is 0 Å². The van der Waals surface area contributed by atoms with Crippen LogP contribution in [-0.4, -0.2) is 4.98 Å². The zero-order valence-corrected chi connectivity index (χ0v) is 15.2. The second-order valence-electron chi connectivity index (χ2n) is 6.47. The molecule has 1 atom stereocenters. The van der Waals surface area contributed by atoms with Crippen molar-refractivity contribution in [2.75, 3.05) is 0 Å². The van der Waals surface area contributed by atoms with Crippen LogP contribution in [0.3, 0.4) is 0 Å². The first-order valence-electron chi connectivity index (χ1n) is 8.73. The Hall–Kier alpha value is -2.94. The standard InChI is InChI=1S/C21H15F7N2/c22-17-11-14(8-9-15(17)20(23,24)25)18(30-12-13-5-2-1-3-6-13)19-16(21(26,27)28)7-4-10-29-19/h1-11,18,30H,12H2/t18-/m0/s1. The zero-order chi connectivity index (χ0) is 21.9. The number of alkyl halides is 6. The summed E-state index contributed by atoms with van der Waals surface area (Å²) in [7, 11) is 0. The fraction of sp³-hybridized carbons (Fsp3) is 0.190. The molecule has 0 saturated carbocycles. The van der Waals surface area contributed by atoms with E-state index in [9.17, 15) is 30.7 Å². The van der Waals surface area contributed by atoms with Crippen molar-refractivity contribution in [3.63, 3.8) is 0 Å². The molecular formula is C21H15F7N2. The number of hydrogen-bond donors (Lipinski definition) is 1. The van der Waals surface area contributed by atoms with Gasteiger partial charge in [-0.2, -0.15) is 26.3 Å². The highest BCUT2D eigenvalue weighted by molar-refractivity contribution is 5.37. The lowest BCUT2D eigenvalue weighted by Gasteiger charge is -2.23. The molecule has 3 rings (SSSR count). The Morgan fingerprint density at radius 2 is 1.47 bits per heavy atom. The minimum absolute atomic E-state index is 0.0853. The van der Waals surface area contributed by atoms with Gasteiger partial charge in [0.25, 0.3) is 0 Å². The second-order valence-corrected chi connectivity index (χ2v) is 6.47. The van der Waals surface area contributed by atoms with Gasteiger partial charge in [-0.1, -0.05) is 36.4 Å². The Kier molecular flexibility index (Phi) is 6.12. The first-order valence-corrected chi connectivity index (χ1v) is 8.73. The van der Waals surface area contributed by atoms with Crippen LogP contribution >= 0.6 is 0 Å². The van der Waals surface area contributed by atoms with E-state index in [-0.39, 0.29) is 12.1 Å². The van der Waals surface area contributed by atoms with E-state index in [4.69, 9.17) is 0 Å². The van der Waals surface area contributed by atoms with Gasteiger partial charge >= 0.3 is 12.4 Å². The zero-order valence-electron chi connectivity index (χ0n) is 15.2. The first kappa shape index (κ1) is 21.8. The number of nitrogens with zero attached hydrogens (tertiary/aromatic N) is 1. The molecule has 0 fully saturated rings. The summed E-state index contributed by atoms with van der Waals surface area (Å²) < 4.78 is 93.3. The van der Waals surface area contributed by atoms with E-state index in [1.54, 1.807) is 30.3 Å². The number of benzene rings is 2. The summed E-state index contributed by atoms with van der Waals surface area (Å²) in [5.41, 5.74) is -2.40. The summed E-state index contributed by atoms with van der Waals surface area (Å²) in [5, 5.41) is 2.86. The van der Waals surface area contributed by atoms with Crippen molar-refractivity contribution in [3.8, 4) is 0 Å². The number of hydrogen-bond acceptors (Lipinski definition) is 2. The van der Waals surface area contributed by atoms with Crippen LogP contribution in [0.1, 0.15) is 34.0 Å². The summed E-state index contributed by atoms with van der Waals surface area (Å²) in [6, 6.07) is 11.3. The SMILES string of the molecule is Fc1cc([C@H](NCc2ccccc2)c2ncccc2C(F)(F)F)ccc1C(F)(F)F.